The molecule has 0 heterocycles. The molecule has 14 bridgehead atoms. The summed E-state index contributed by atoms with van der Waals surface area (Å²) in [6.07, 6.45) is 51.1. The summed E-state index contributed by atoms with van der Waals surface area (Å²) >= 11 is 0. The zero-order valence-corrected chi connectivity index (χ0v) is 64.3. The van der Waals surface area contributed by atoms with E-state index in [1.54, 1.807) is 0 Å². The van der Waals surface area contributed by atoms with E-state index in [-0.39, 0.29) is 102 Å². The number of carbonyl (C=O) groups is 9. The van der Waals surface area contributed by atoms with Crippen molar-refractivity contribution in [3.63, 3.8) is 0 Å². The van der Waals surface area contributed by atoms with Gasteiger partial charge in [0, 0.05) is 5.92 Å². The molecular weight excluding hydrogens is 1340 g/mol. The van der Waals surface area contributed by atoms with Crippen molar-refractivity contribution < 1.29 is 85.8 Å². The lowest BCUT2D eigenvalue weighted by atomic mass is 9.69. The molecule has 0 N–H and O–H groups in total. The molecule has 0 aromatic carbocycles. The topological polar surface area (TPSA) is 237 Å². The van der Waals surface area contributed by atoms with E-state index in [1.165, 1.54) is 64.9 Å². The van der Waals surface area contributed by atoms with Gasteiger partial charge >= 0.3 is 53.7 Å². The van der Waals surface area contributed by atoms with Gasteiger partial charge in [-0.05, 0) is 312 Å². The van der Waals surface area contributed by atoms with E-state index in [9.17, 15) is 43.2 Å². The molecule has 0 amide bonds. The molecule has 25 atom stereocenters. The maximum absolute atomic E-state index is 13.0. The predicted octanol–water partition coefficient (Wildman–Crippen LogP) is 15.4. The summed E-state index contributed by atoms with van der Waals surface area (Å²) < 4.78 is 49.7. The van der Waals surface area contributed by atoms with Crippen LogP contribution < -0.4 is 0 Å². The molecule has 0 saturated heterocycles. The van der Waals surface area contributed by atoms with Gasteiger partial charge in [0.05, 0.1) is 36.2 Å². The second kappa shape index (κ2) is 30.5. The maximum atomic E-state index is 13.0. The standard InChI is InChI=1S/C27H36O4.C23H32O4.C20H28O6.C18H26O4/c1-2-27(12-17-11-22(27)19-5-3-4-18(17)19)31-23(28)13-30-26(29)21-10-16-9-20(21)25-15-7-6-14(8-15)24(16)25;1-2-23(8-4-3-5-9-23)27-19(24)13-26-22(25)18-12-16-11-17(18)21-15-7-6-14(10-15)20(16)21;1-3-19(8-4-5-9-19)26-17(22)13-25-18(23)20(12-16(21)24-2)11-14-6-7-15(20)10-14;1-3-18(8-4-5-9-18)22-15(19)12-21-16(20)17(2)11-13-6-7-14(17)10-13/h6-7,14-22,24-25H,2-5,8-13H2,1H3;6-7,14-18,20-21H,2-5,8-13H2,1H3;6-7,14-15H,3-5,8-13H2,1-2H3;6-7,13-14H,3-5,8-12H2,1-2H3. The molecule has 18 nitrogen and oxygen atoms in total. The van der Waals surface area contributed by atoms with Gasteiger partial charge in [0.25, 0.3) is 0 Å². The molecule has 106 heavy (non-hydrogen) atoms. The van der Waals surface area contributed by atoms with Crippen LogP contribution in [0.15, 0.2) is 48.6 Å². The number of rotatable bonds is 22. The van der Waals surface area contributed by atoms with Crippen molar-refractivity contribution in [2.75, 3.05) is 33.5 Å². The Morgan fingerprint density at radius 2 is 0.821 bits per heavy atom. The average Bonchev–Trinajstić information content (AvgIpc) is 1.56. The first-order chi connectivity index (χ1) is 51.1. The summed E-state index contributed by atoms with van der Waals surface area (Å²) in [4.78, 5) is 112. The Kier molecular flexibility index (Phi) is 21.7. The zero-order valence-electron chi connectivity index (χ0n) is 64.3. The van der Waals surface area contributed by atoms with Gasteiger partial charge in [0.2, 0.25) is 0 Å². The van der Waals surface area contributed by atoms with Crippen molar-refractivity contribution in [1.29, 1.82) is 0 Å². The highest BCUT2D eigenvalue weighted by Crippen LogP contribution is 2.69. The van der Waals surface area contributed by atoms with Crippen molar-refractivity contribution in [2.24, 2.45) is 141 Å². The minimum Gasteiger partial charge on any atom is -0.469 e. The van der Waals surface area contributed by atoms with E-state index < -0.39 is 46.9 Å². The van der Waals surface area contributed by atoms with E-state index in [0.717, 1.165) is 183 Å². The number of hydrogen-bond donors (Lipinski definition) is 0. The highest BCUT2D eigenvalue weighted by Gasteiger charge is 2.66. The molecule has 18 aliphatic rings. The van der Waals surface area contributed by atoms with Gasteiger partial charge in [-0.3, -0.25) is 24.0 Å². The fraction of sp³-hybridized carbons (Fsp3) is 0.807. The lowest BCUT2D eigenvalue weighted by Crippen LogP contribution is -2.45. The number of allylic oxidation sites excluding steroid dienone is 8. The first kappa shape index (κ1) is 75.6. The van der Waals surface area contributed by atoms with Crippen molar-refractivity contribution in [2.45, 2.75) is 269 Å². The molecule has 0 spiro atoms. The van der Waals surface area contributed by atoms with E-state index in [1.807, 2.05) is 26.8 Å². The molecule has 18 heteroatoms. The Morgan fingerprint density at radius 1 is 0.377 bits per heavy atom. The highest BCUT2D eigenvalue weighted by atomic mass is 16.6. The molecule has 0 aromatic rings. The summed E-state index contributed by atoms with van der Waals surface area (Å²) in [5, 5.41) is 0. The van der Waals surface area contributed by atoms with Crippen LogP contribution in [0.3, 0.4) is 0 Å². The summed E-state index contributed by atoms with van der Waals surface area (Å²) in [7, 11) is 1.31. The van der Waals surface area contributed by atoms with Gasteiger partial charge in [-0.2, -0.15) is 0 Å². The predicted molar refractivity (Wildman–Crippen MR) is 390 cm³/mol. The number of methoxy groups -OCH3 is 1. The van der Waals surface area contributed by atoms with E-state index in [4.69, 9.17) is 42.6 Å². The monoisotopic (exact) mass is 1470 g/mol. The SMILES string of the molecule is CCC1(OC(=O)COC(=O)C2(C)CC3C=CC2C3)CCCC1.CCC1(OC(=O)COC(=O)C2(CC(=O)OC)CC3C=CC2C3)CCCC1.CCC1(OC(=O)COC(=O)C2CC3CC2C2C4C=CC(C4)C32)CC2CC1C1CCCC21.CCC1(OC(=O)COC(=O)C2CC3CC2C2C4C=CC(C4)C32)CCCCC1. The first-order valence-electron chi connectivity index (χ1n) is 42.4. The van der Waals surface area contributed by atoms with Crippen LogP contribution in [0.5, 0.6) is 0 Å². The largest absolute Gasteiger partial charge is 0.469 e. The second-order valence-corrected chi connectivity index (χ2v) is 37.3. The minimum absolute atomic E-state index is 0.00613. The number of fused-ring (bicyclic) bond motifs is 27. The number of esters is 9. The molecule has 14 saturated carbocycles. The van der Waals surface area contributed by atoms with Gasteiger partial charge in [-0.15, -0.1) is 0 Å². The molecule has 18 aliphatic carbocycles. The lowest BCUT2D eigenvalue weighted by Gasteiger charge is -2.41. The smallest absolute Gasteiger partial charge is 0.344 e. The van der Waals surface area contributed by atoms with Crippen molar-refractivity contribution in [3.05, 3.63) is 48.6 Å². The fourth-order valence-corrected chi connectivity index (χ4v) is 27.4. The van der Waals surface area contributed by atoms with Gasteiger partial charge in [-0.25, -0.2) is 19.2 Å². The van der Waals surface area contributed by atoms with E-state index in [2.05, 4.69) is 56.4 Å². The van der Waals surface area contributed by atoms with Crippen molar-refractivity contribution in [3.8, 4) is 0 Å². The minimum atomic E-state index is -0.914. The zero-order chi connectivity index (χ0) is 74.1. The van der Waals surface area contributed by atoms with Crippen LogP contribution in [0.25, 0.3) is 0 Å². The van der Waals surface area contributed by atoms with Gasteiger partial charge in [0.15, 0.2) is 26.4 Å². The third-order valence-electron chi connectivity index (χ3n) is 32.4. The first-order valence-corrected chi connectivity index (χ1v) is 42.4. The fourth-order valence-electron chi connectivity index (χ4n) is 27.4. The van der Waals surface area contributed by atoms with Crippen LogP contribution in [0.1, 0.15) is 247 Å². The van der Waals surface area contributed by atoms with E-state index in [0.29, 0.717) is 65.6 Å². The van der Waals surface area contributed by atoms with Gasteiger partial charge < -0.3 is 42.6 Å². The number of carbonyl (C=O) groups excluding carboxylic acids is 9. The van der Waals surface area contributed by atoms with Crippen LogP contribution in [-0.4, -0.2) is 110 Å². The Labute approximate surface area is 628 Å². The molecule has 0 aromatic heterocycles. The Hall–Kier alpha value is -5.81. The maximum Gasteiger partial charge on any atom is 0.344 e. The Bertz CT molecular complexity index is 3450. The Morgan fingerprint density at radius 3 is 1.26 bits per heavy atom. The molecule has 582 valence electrons. The molecule has 0 aliphatic heterocycles. The van der Waals surface area contributed by atoms with Gasteiger partial charge in [0.1, 0.15) is 22.4 Å². The highest BCUT2D eigenvalue weighted by molar-refractivity contribution is 5.87. The van der Waals surface area contributed by atoms with E-state index >= 15 is 0 Å². The molecule has 0 radical (unpaired) electrons. The van der Waals surface area contributed by atoms with Crippen molar-refractivity contribution in [1.82, 2.24) is 0 Å². The molecule has 14 fully saturated rings. The second-order valence-electron chi connectivity index (χ2n) is 37.3. The lowest BCUT2D eigenvalue weighted by molar-refractivity contribution is -0.180. The number of ether oxygens (including phenoxy) is 9. The Balaban J connectivity index is 0.000000114. The van der Waals surface area contributed by atoms with Crippen LogP contribution >= 0.6 is 0 Å². The molecule has 25 unspecified atom stereocenters. The van der Waals surface area contributed by atoms with Crippen LogP contribution in [0.2, 0.25) is 0 Å². The number of hydrogen-bond acceptors (Lipinski definition) is 18. The van der Waals surface area contributed by atoms with Gasteiger partial charge in [-0.1, -0.05) is 89.1 Å². The summed E-state index contributed by atoms with van der Waals surface area (Å²) in [6.45, 7) is 9.21. The molecule has 18 rings (SSSR count). The average molecular weight is 1470 g/mol. The van der Waals surface area contributed by atoms with Crippen molar-refractivity contribution >= 4 is 53.7 Å². The molecular formula is C88H122O18. The third kappa shape index (κ3) is 14.1. The summed E-state index contributed by atoms with van der Waals surface area (Å²) in [5.41, 5.74) is -2.71. The van der Waals surface area contributed by atoms with Crippen LogP contribution in [0, 0.1) is 141 Å². The summed E-state index contributed by atoms with van der Waals surface area (Å²) in [6, 6.07) is 0. The van der Waals surface area contributed by atoms with Crippen LogP contribution in [-0.2, 0) is 85.8 Å². The van der Waals surface area contributed by atoms with Crippen LogP contribution in [0.4, 0.5) is 0 Å². The summed E-state index contributed by atoms with van der Waals surface area (Å²) in [5.74, 6) is 9.12. The third-order valence-corrected chi connectivity index (χ3v) is 32.4. The quantitative estimate of drug-likeness (QED) is 0.0424. The normalized spacial score (nSPS) is 41.7.